The maximum absolute atomic E-state index is 10.4. The Morgan fingerprint density at radius 3 is 2.67 bits per heavy atom. The molecule has 0 bridgehead atoms. The second-order valence-corrected chi connectivity index (χ2v) is 3.80. The number of hydrogen-bond acceptors (Lipinski definition) is 4. The Bertz CT molecular complexity index is 359. The summed E-state index contributed by atoms with van der Waals surface area (Å²) in [5, 5.41) is 2.92. The van der Waals surface area contributed by atoms with Gasteiger partial charge < -0.3 is 10.6 Å². The highest BCUT2D eigenvalue weighted by Gasteiger charge is 2.15. The van der Waals surface area contributed by atoms with Crippen LogP contribution in [0.5, 0.6) is 0 Å². The lowest BCUT2D eigenvalue weighted by Gasteiger charge is -2.20. The van der Waals surface area contributed by atoms with Crippen LogP contribution >= 0.6 is 0 Å². The molecule has 15 heavy (non-hydrogen) atoms. The molecule has 1 saturated heterocycles. The van der Waals surface area contributed by atoms with Crippen LogP contribution in [0.1, 0.15) is 18.4 Å². The number of hydrogen-bond donors (Lipinski definition) is 1. The molecular formula is C11H15N3O. The fraction of sp³-hybridized carbons (Fsp3) is 0.455. The lowest BCUT2D eigenvalue weighted by Crippen LogP contribution is -2.19. The minimum atomic E-state index is 0.454. The standard InChI is InChI=1S/C11H15N3O/c12-8-9-7-10(13-15)3-4-11(9)14-5-1-2-6-14/h3-4,7H,1-2,5-6,8,12H2. The number of nitroso groups, excluding NO2 is 1. The van der Waals surface area contributed by atoms with Crippen molar-refractivity contribution in [1.82, 2.24) is 0 Å². The Morgan fingerprint density at radius 2 is 2.07 bits per heavy atom. The summed E-state index contributed by atoms with van der Waals surface area (Å²) in [4.78, 5) is 12.7. The van der Waals surface area contributed by atoms with Gasteiger partial charge in [-0.05, 0) is 41.8 Å². The summed E-state index contributed by atoms with van der Waals surface area (Å²) in [6.07, 6.45) is 2.47. The number of anilines is 1. The zero-order valence-corrected chi connectivity index (χ0v) is 8.65. The molecule has 1 aliphatic rings. The Labute approximate surface area is 89.0 Å². The zero-order valence-electron chi connectivity index (χ0n) is 8.65. The summed E-state index contributed by atoms with van der Waals surface area (Å²) in [6, 6.07) is 5.48. The number of nitrogens with two attached hydrogens (primary N) is 1. The van der Waals surface area contributed by atoms with E-state index < -0.39 is 0 Å². The SMILES string of the molecule is NCc1cc(N=O)ccc1N1CCCC1. The molecule has 1 aromatic rings. The van der Waals surface area contributed by atoms with Crippen molar-refractivity contribution >= 4 is 11.4 Å². The highest BCUT2D eigenvalue weighted by Crippen LogP contribution is 2.27. The number of benzene rings is 1. The Balaban J connectivity index is 2.33. The molecule has 0 radical (unpaired) electrons. The van der Waals surface area contributed by atoms with E-state index in [9.17, 15) is 4.91 Å². The van der Waals surface area contributed by atoms with Crippen LogP contribution in [0.2, 0.25) is 0 Å². The van der Waals surface area contributed by atoms with E-state index in [0.29, 0.717) is 12.2 Å². The van der Waals surface area contributed by atoms with Gasteiger partial charge in [0.1, 0.15) is 5.69 Å². The predicted molar refractivity (Wildman–Crippen MR) is 61.2 cm³/mol. The lowest BCUT2D eigenvalue weighted by molar-refractivity contribution is 0.940. The highest BCUT2D eigenvalue weighted by atomic mass is 16.3. The minimum absolute atomic E-state index is 0.454. The molecule has 0 saturated carbocycles. The predicted octanol–water partition coefficient (Wildman–Crippen LogP) is 2.14. The van der Waals surface area contributed by atoms with Crippen molar-refractivity contribution in [3.05, 3.63) is 28.7 Å². The zero-order chi connectivity index (χ0) is 10.7. The normalized spacial score (nSPS) is 15.7. The Kier molecular flexibility index (Phi) is 2.97. The van der Waals surface area contributed by atoms with Crippen LogP contribution in [0, 0.1) is 4.91 Å². The van der Waals surface area contributed by atoms with Crippen LogP contribution in [-0.4, -0.2) is 13.1 Å². The highest BCUT2D eigenvalue weighted by molar-refractivity contribution is 5.59. The van der Waals surface area contributed by atoms with Gasteiger partial charge in [-0.25, -0.2) is 0 Å². The molecule has 0 spiro atoms. The first kappa shape index (κ1) is 10.1. The van der Waals surface area contributed by atoms with E-state index in [4.69, 9.17) is 5.73 Å². The van der Waals surface area contributed by atoms with Crippen LogP contribution in [0.3, 0.4) is 0 Å². The minimum Gasteiger partial charge on any atom is -0.371 e. The Morgan fingerprint density at radius 1 is 1.33 bits per heavy atom. The number of rotatable bonds is 3. The van der Waals surface area contributed by atoms with E-state index in [1.165, 1.54) is 12.8 Å². The molecule has 0 amide bonds. The van der Waals surface area contributed by atoms with E-state index in [2.05, 4.69) is 10.1 Å². The quantitative estimate of drug-likeness (QED) is 0.769. The molecule has 2 N–H and O–H groups in total. The molecule has 80 valence electrons. The van der Waals surface area contributed by atoms with Gasteiger partial charge in [0, 0.05) is 25.3 Å². The van der Waals surface area contributed by atoms with Gasteiger partial charge in [0.05, 0.1) is 0 Å². The molecule has 1 aliphatic heterocycles. The molecule has 4 heteroatoms. The molecule has 4 nitrogen and oxygen atoms in total. The van der Waals surface area contributed by atoms with E-state index in [0.717, 1.165) is 24.3 Å². The maximum Gasteiger partial charge on any atom is 0.108 e. The first-order chi connectivity index (χ1) is 7.35. The molecular weight excluding hydrogens is 190 g/mol. The summed E-state index contributed by atoms with van der Waals surface area (Å²) >= 11 is 0. The van der Waals surface area contributed by atoms with Gasteiger partial charge >= 0.3 is 0 Å². The van der Waals surface area contributed by atoms with Gasteiger partial charge in [0.2, 0.25) is 0 Å². The fourth-order valence-corrected chi connectivity index (χ4v) is 2.06. The van der Waals surface area contributed by atoms with Crippen molar-refractivity contribution in [2.75, 3.05) is 18.0 Å². The second kappa shape index (κ2) is 4.40. The second-order valence-electron chi connectivity index (χ2n) is 3.80. The number of nitrogens with zero attached hydrogens (tertiary/aromatic N) is 2. The van der Waals surface area contributed by atoms with Crippen molar-refractivity contribution in [2.45, 2.75) is 19.4 Å². The fourth-order valence-electron chi connectivity index (χ4n) is 2.06. The van der Waals surface area contributed by atoms with Crippen molar-refractivity contribution in [3.63, 3.8) is 0 Å². The maximum atomic E-state index is 10.4. The van der Waals surface area contributed by atoms with Crippen LogP contribution in [0.25, 0.3) is 0 Å². The van der Waals surface area contributed by atoms with E-state index in [-0.39, 0.29) is 0 Å². The first-order valence-electron chi connectivity index (χ1n) is 5.26. The van der Waals surface area contributed by atoms with Gasteiger partial charge in [-0.3, -0.25) is 0 Å². The van der Waals surface area contributed by atoms with E-state index in [1.54, 1.807) is 12.1 Å². The summed E-state index contributed by atoms with van der Waals surface area (Å²) in [7, 11) is 0. The van der Waals surface area contributed by atoms with Gasteiger partial charge in [0.25, 0.3) is 0 Å². The van der Waals surface area contributed by atoms with Crippen LogP contribution in [0.15, 0.2) is 23.4 Å². The topological polar surface area (TPSA) is 58.7 Å². The molecule has 1 fully saturated rings. The van der Waals surface area contributed by atoms with Crippen molar-refractivity contribution in [2.24, 2.45) is 10.9 Å². The van der Waals surface area contributed by atoms with Crippen LogP contribution < -0.4 is 10.6 Å². The third-order valence-corrected chi connectivity index (χ3v) is 2.84. The molecule has 0 aromatic heterocycles. The lowest BCUT2D eigenvalue weighted by atomic mass is 10.1. The van der Waals surface area contributed by atoms with E-state index >= 15 is 0 Å². The monoisotopic (exact) mass is 205 g/mol. The van der Waals surface area contributed by atoms with Crippen molar-refractivity contribution in [3.8, 4) is 0 Å². The summed E-state index contributed by atoms with van der Waals surface area (Å²) < 4.78 is 0. The summed E-state index contributed by atoms with van der Waals surface area (Å²) in [5.41, 5.74) is 8.29. The first-order valence-corrected chi connectivity index (χ1v) is 5.26. The summed E-state index contributed by atoms with van der Waals surface area (Å²) in [5.74, 6) is 0. The molecule has 1 aromatic carbocycles. The molecule has 0 aliphatic carbocycles. The van der Waals surface area contributed by atoms with Crippen LogP contribution in [-0.2, 0) is 6.54 Å². The third-order valence-electron chi connectivity index (χ3n) is 2.84. The van der Waals surface area contributed by atoms with Crippen molar-refractivity contribution in [1.29, 1.82) is 0 Å². The van der Waals surface area contributed by atoms with Crippen LogP contribution in [0.4, 0.5) is 11.4 Å². The largest absolute Gasteiger partial charge is 0.371 e. The van der Waals surface area contributed by atoms with Gasteiger partial charge in [-0.2, -0.15) is 0 Å². The van der Waals surface area contributed by atoms with Gasteiger partial charge in [-0.1, -0.05) is 0 Å². The smallest absolute Gasteiger partial charge is 0.108 e. The molecule has 0 atom stereocenters. The van der Waals surface area contributed by atoms with Gasteiger partial charge in [0.15, 0.2) is 0 Å². The molecule has 2 rings (SSSR count). The molecule has 0 unspecified atom stereocenters. The average molecular weight is 205 g/mol. The van der Waals surface area contributed by atoms with E-state index in [1.807, 2.05) is 6.07 Å². The molecule has 1 heterocycles. The Hall–Kier alpha value is -1.42. The average Bonchev–Trinajstić information content (AvgIpc) is 2.81. The van der Waals surface area contributed by atoms with Gasteiger partial charge in [-0.15, -0.1) is 4.91 Å². The summed E-state index contributed by atoms with van der Waals surface area (Å²) in [6.45, 7) is 2.62. The van der Waals surface area contributed by atoms with Crippen molar-refractivity contribution < 1.29 is 0 Å². The third kappa shape index (κ3) is 1.99.